The van der Waals surface area contributed by atoms with Crippen LogP contribution < -0.4 is 0 Å². The van der Waals surface area contributed by atoms with E-state index in [9.17, 15) is 4.79 Å². The minimum absolute atomic E-state index is 0.0415. The molecule has 3 heteroatoms. The Morgan fingerprint density at radius 2 is 1.94 bits per heavy atom. The summed E-state index contributed by atoms with van der Waals surface area (Å²) in [5.41, 5.74) is 1.26. The van der Waals surface area contributed by atoms with Gasteiger partial charge in [-0.2, -0.15) is 0 Å². The monoisotopic (exact) mass is 248 g/mol. The van der Waals surface area contributed by atoms with Crippen LogP contribution in [-0.2, 0) is 9.47 Å². The van der Waals surface area contributed by atoms with Gasteiger partial charge in [-0.1, -0.05) is 36.8 Å². The van der Waals surface area contributed by atoms with Gasteiger partial charge >= 0.3 is 6.16 Å². The molecule has 1 saturated carbocycles. The molecule has 2 rings (SSSR count). The van der Waals surface area contributed by atoms with Crippen molar-refractivity contribution >= 4 is 6.16 Å². The summed E-state index contributed by atoms with van der Waals surface area (Å²) >= 11 is 0. The summed E-state index contributed by atoms with van der Waals surface area (Å²) in [4.78, 5) is 11.4. The first-order valence-electron chi connectivity index (χ1n) is 6.69. The zero-order valence-electron chi connectivity index (χ0n) is 10.8. The molecule has 0 N–H and O–H groups in total. The van der Waals surface area contributed by atoms with Gasteiger partial charge in [-0.25, -0.2) is 4.79 Å². The first kappa shape index (κ1) is 12.9. The molecule has 18 heavy (non-hydrogen) atoms. The SMILES string of the molecule is CCOC(=O)O[C@@H]1CCCC[C@H]1c1ccccc1. The van der Waals surface area contributed by atoms with Crippen molar-refractivity contribution in [3.05, 3.63) is 35.9 Å². The van der Waals surface area contributed by atoms with E-state index < -0.39 is 6.16 Å². The molecular formula is C15H20O3. The Bertz CT molecular complexity index is 375. The van der Waals surface area contributed by atoms with Crippen molar-refractivity contribution in [2.24, 2.45) is 0 Å². The summed E-state index contributed by atoms with van der Waals surface area (Å²) in [5, 5.41) is 0. The van der Waals surface area contributed by atoms with Crippen LogP contribution in [0.2, 0.25) is 0 Å². The lowest BCUT2D eigenvalue weighted by Gasteiger charge is -2.31. The summed E-state index contributed by atoms with van der Waals surface area (Å²) in [6.45, 7) is 2.15. The summed E-state index contributed by atoms with van der Waals surface area (Å²) < 4.78 is 10.3. The van der Waals surface area contributed by atoms with Crippen LogP contribution in [0.1, 0.15) is 44.1 Å². The van der Waals surface area contributed by atoms with Gasteiger partial charge in [-0.3, -0.25) is 0 Å². The molecule has 3 nitrogen and oxygen atoms in total. The average Bonchev–Trinajstić information content (AvgIpc) is 2.40. The van der Waals surface area contributed by atoms with E-state index in [0.717, 1.165) is 19.3 Å². The first-order valence-corrected chi connectivity index (χ1v) is 6.69. The summed E-state index contributed by atoms with van der Waals surface area (Å²) in [7, 11) is 0. The fourth-order valence-corrected chi connectivity index (χ4v) is 2.59. The third-order valence-electron chi connectivity index (χ3n) is 3.44. The van der Waals surface area contributed by atoms with Crippen molar-refractivity contribution in [2.45, 2.75) is 44.6 Å². The van der Waals surface area contributed by atoms with Crippen LogP contribution >= 0.6 is 0 Å². The Morgan fingerprint density at radius 3 is 2.67 bits per heavy atom. The number of rotatable bonds is 3. The summed E-state index contributed by atoms with van der Waals surface area (Å²) in [6, 6.07) is 10.3. The van der Waals surface area contributed by atoms with Gasteiger partial charge < -0.3 is 9.47 Å². The smallest absolute Gasteiger partial charge is 0.435 e. The average molecular weight is 248 g/mol. The minimum Gasteiger partial charge on any atom is -0.435 e. The van der Waals surface area contributed by atoms with Crippen molar-refractivity contribution < 1.29 is 14.3 Å². The van der Waals surface area contributed by atoms with Crippen molar-refractivity contribution in [1.82, 2.24) is 0 Å². The number of hydrogen-bond donors (Lipinski definition) is 0. The highest BCUT2D eigenvalue weighted by Gasteiger charge is 2.29. The van der Waals surface area contributed by atoms with Gasteiger partial charge in [0.15, 0.2) is 0 Å². The molecule has 0 unspecified atom stereocenters. The summed E-state index contributed by atoms with van der Waals surface area (Å²) in [5.74, 6) is 0.310. The molecule has 0 saturated heterocycles. The Kier molecular flexibility index (Phi) is 4.62. The number of carbonyl (C=O) groups excluding carboxylic acids is 1. The van der Waals surface area contributed by atoms with Crippen LogP contribution in [0, 0.1) is 0 Å². The standard InChI is InChI=1S/C15H20O3/c1-2-17-15(16)18-14-11-7-6-10-13(14)12-8-4-3-5-9-12/h3-5,8-9,13-14H,2,6-7,10-11H2,1H3/t13-,14+/m0/s1. The molecule has 0 heterocycles. The highest BCUT2D eigenvalue weighted by atomic mass is 16.7. The quantitative estimate of drug-likeness (QED) is 0.761. The molecule has 0 bridgehead atoms. The second-order valence-electron chi connectivity index (χ2n) is 4.64. The van der Waals surface area contributed by atoms with Crippen LogP contribution in [0.4, 0.5) is 4.79 Å². The zero-order valence-corrected chi connectivity index (χ0v) is 10.8. The van der Waals surface area contributed by atoms with Gasteiger partial charge in [0, 0.05) is 5.92 Å². The Hall–Kier alpha value is -1.51. The Balaban J connectivity index is 2.04. The van der Waals surface area contributed by atoms with E-state index in [-0.39, 0.29) is 6.10 Å². The van der Waals surface area contributed by atoms with Gasteiger partial charge in [-0.05, 0) is 31.7 Å². The maximum atomic E-state index is 11.4. The zero-order chi connectivity index (χ0) is 12.8. The molecule has 1 aromatic carbocycles. The van der Waals surface area contributed by atoms with E-state index in [0.29, 0.717) is 12.5 Å². The number of hydrogen-bond acceptors (Lipinski definition) is 3. The summed E-state index contributed by atoms with van der Waals surface area (Å²) in [6.07, 6.45) is 3.74. The van der Waals surface area contributed by atoms with Crippen LogP contribution in [-0.4, -0.2) is 18.9 Å². The van der Waals surface area contributed by atoms with Gasteiger partial charge in [0.2, 0.25) is 0 Å². The topological polar surface area (TPSA) is 35.5 Å². The van der Waals surface area contributed by atoms with Crippen molar-refractivity contribution in [1.29, 1.82) is 0 Å². The van der Waals surface area contributed by atoms with E-state index >= 15 is 0 Å². The molecule has 1 aliphatic carbocycles. The molecule has 98 valence electrons. The lowest BCUT2D eigenvalue weighted by atomic mass is 9.81. The molecule has 2 atom stereocenters. The molecule has 1 fully saturated rings. The molecule has 0 spiro atoms. The maximum Gasteiger partial charge on any atom is 0.508 e. The van der Waals surface area contributed by atoms with E-state index in [4.69, 9.17) is 9.47 Å². The second-order valence-corrected chi connectivity index (χ2v) is 4.64. The first-order chi connectivity index (χ1) is 8.81. The molecule has 0 radical (unpaired) electrons. The largest absolute Gasteiger partial charge is 0.508 e. The third kappa shape index (κ3) is 3.25. The second kappa shape index (κ2) is 6.43. The molecule has 1 aliphatic rings. The molecule has 0 aromatic heterocycles. The fraction of sp³-hybridized carbons (Fsp3) is 0.533. The third-order valence-corrected chi connectivity index (χ3v) is 3.44. The molecule has 0 amide bonds. The number of carbonyl (C=O) groups is 1. The highest BCUT2D eigenvalue weighted by molar-refractivity contribution is 5.60. The van der Waals surface area contributed by atoms with Crippen LogP contribution in [0.5, 0.6) is 0 Å². The number of benzene rings is 1. The van der Waals surface area contributed by atoms with E-state index in [1.54, 1.807) is 6.92 Å². The van der Waals surface area contributed by atoms with Crippen LogP contribution in [0.25, 0.3) is 0 Å². The predicted molar refractivity (Wildman–Crippen MR) is 69.5 cm³/mol. The van der Waals surface area contributed by atoms with Gasteiger partial charge in [0.25, 0.3) is 0 Å². The lowest BCUT2D eigenvalue weighted by molar-refractivity contribution is 0.00495. The van der Waals surface area contributed by atoms with Crippen LogP contribution in [0.15, 0.2) is 30.3 Å². The predicted octanol–water partition coefficient (Wildman–Crippen LogP) is 3.89. The lowest BCUT2D eigenvalue weighted by Crippen LogP contribution is -2.29. The minimum atomic E-state index is -0.537. The molecular weight excluding hydrogens is 228 g/mol. The highest BCUT2D eigenvalue weighted by Crippen LogP contribution is 2.35. The van der Waals surface area contributed by atoms with E-state index in [1.807, 2.05) is 18.2 Å². The molecule has 0 aliphatic heterocycles. The Morgan fingerprint density at radius 1 is 1.22 bits per heavy atom. The number of ether oxygens (including phenoxy) is 2. The van der Waals surface area contributed by atoms with Crippen molar-refractivity contribution in [3.63, 3.8) is 0 Å². The van der Waals surface area contributed by atoms with Gasteiger partial charge in [-0.15, -0.1) is 0 Å². The van der Waals surface area contributed by atoms with Gasteiger partial charge in [0.1, 0.15) is 6.10 Å². The van der Waals surface area contributed by atoms with Gasteiger partial charge in [0.05, 0.1) is 6.61 Å². The Labute approximate surface area is 108 Å². The van der Waals surface area contributed by atoms with E-state index in [1.165, 1.54) is 12.0 Å². The van der Waals surface area contributed by atoms with Crippen LogP contribution in [0.3, 0.4) is 0 Å². The normalized spacial score (nSPS) is 23.4. The molecule has 1 aromatic rings. The van der Waals surface area contributed by atoms with Crippen molar-refractivity contribution in [2.75, 3.05) is 6.61 Å². The van der Waals surface area contributed by atoms with Crippen molar-refractivity contribution in [3.8, 4) is 0 Å². The van der Waals surface area contributed by atoms with E-state index in [2.05, 4.69) is 12.1 Å². The maximum absolute atomic E-state index is 11.4. The fourth-order valence-electron chi connectivity index (χ4n) is 2.59.